The van der Waals surface area contributed by atoms with Gasteiger partial charge in [-0.25, -0.2) is 4.39 Å². The molecule has 1 saturated heterocycles. The Morgan fingerprint density at radius 3 is 2.72 bits per heavy atom. The molecule has 29 heavy (non-hydrogen) atoms. The van der Waals surface area contributed by atoms with Crippen LogP contribution in [0.25, 0.3) is 0 Å². The van der Waals surface area contributed by atoms with Crippen LogP contribution < -0.4 is 10.6 Å². The van der Waals surface area contributed by atoms with E-state index >= 15 is 0 Å². The van der Waals surface area contributed by atoms with Crippen LogP contribution in [-0.4, -0.2) is 21.7 Å². The number of carbonyl (C=O) groups is 1. The lowest BCUT2D eigenvalue weighted by atomic mass is 9.91. The quantitative estimate of drug-likeness (QED) is 0.675. The van der Waals surface area contributed by atoms with Crippen molar-refractivity contribution in [1.82, 2.24) is 20.4 Å². The summed E-state index contributed by atoms with van der Waals surface area (Å²) >= 11 is 0. The Morgan fingerprint density at radius 1 is 1.17 bits per heavy atom. The molecule has 2 aromatic carbocycles. The molecule has 1 amide bonds. The fourth-order valence-corrected chi connectivity index (χ4v) is 3.86. The van der Waals surface area contributed by atoms with Gasteiger partial charge in [-0.15, -0.1) is 0 Å². The maximum Gasteiger partial charge on any atom is 0.220 e. The summed E-state index contributed by atoms with van der Waals surface area (Å²) in [7, 11) is 0. The zero-order valence-corrected chi connectivity index (χ0v) is 16.4. The minimum Gasteiger partial charge on any atom is -0.348 e. The first-order chi connectivity index (χ1) is 14.1. The highest BCUT2D eigenvalue weighted by Gasteiger charge is 2.31. The highest BCUT2D eigenvalue weighted by Crippen LogP contribution is 2.26. The first-order valence-corrected chi connectivity index (χ1v) is 9.94. The second kappa shape index (κ2) is 8.57. The Labute approximate surface area is 169 Å². The smallest absolute Gasteiger partial charge is 0.220 e. The summed E-state index contributed by atoms with van der Waals surface area (Å²) in [6, 6.07) is 16.4. The Bertz CT molecular complexity index is 986. The molecular weight excluding hydrogens is 367 g/mol. The van der Waals surface area contributed by atoms with Crippen molar-refractivity contribution in [2.24, 2.45) is 0 Å². The van der Waals surface area contributed by atoms with Gasteiger partial charge in [0.2, 0.25) is 5.91 Å². The third-order valence-electron chi connectivity index (χ3n) is 5.58. The molecule has 150 valence electrons. The third-order valence-corrected chi connectivity index (χ3v) is 5.58. The lowest BCUT2D eigenvalue weighted by Crippen LogP contribution is -2.48. The van der Waals surface area contributed by atoms with Crippen LogP contribution in [0.2, 0.25) is 0 Å². The molecule has 0 radical (unpaired) electrons. The molecule has 0 spiro atoms. The van der Waals surface area contributed by atoms with Crippen molar-refractivity contribution >= 4 is 5.91 Å². The number of benzene rings is 2. The van der Waals surface area contributed by atoms with Crippen molar-refractivity contribution in [3.63, 3.8) is 0 Å². The summed E-state index contributed by atoms with van der Waals surface area (Å²) < 4.78 is 16.3. The van der Waals surface area contributed by atoms with Crippen molar-refractivity contribution in [3.05, 3.63) is 89.0 Å². The van der Waals surface area contributed by atoms with E-state index in [-0.39, 0.29) is 23.8 Å². The number of hydrogen-bond acceptors (Lipinski definition) is 3. The highest BCUT2D eigenvalue weighted by atomic mass is 19.1. The molecule has 1 aliphatic rings. The number of aromatic nitrogens is 2. The van der Waals surface area contributed by atoms with E-state index in [0.717, 1.165) is 17.8 Å². The first-order valence-electron chi connectivity index (χ1n) is 9.94. The number of piperidine rings is 1. The molecule has 3 aromatic rings. The number of nitrogens with zero attached hydrogens (tertiary/aromatic N) is 2. The Hall–Kier alpha value is -2.99. The van der Waals surface area contributed by atoms with Crippen LogP contribution in [0.1, 0.15) is 41.3 Å². The largest absolute Gasteiger partial charge is 0.348 e. The summed E-state index contributed by atoms with van der Waals surface area (Å²) in [6.45, 7) is 3.40. The van der Waals surface area contributed by atoms with Gasteiger partial charge < -0.3 is 10.6 Å². The van der Waals surface area contributed by atoms with Crippen LogP contribution >= 0.6 is 0 Å². The molecule has 1 fully saturated rings. The fraction of sp³-hybridized carbons (Fsp3) is 0.304. The number of carbonyl (C=O) groups excluding carboxylic acids is 1. The van der Waals surface area contributed by atoms with Gasteiger partial charge in [0, 0.05) is 35.8 Å². The average molecular weight is 392 g/mol. The van der Waals surface area contributed by atoms with Crippen LogP contribution in [0, 0.1) is 12.7 Å². The first kappa shape index (κ1) is 19.3. The van der Waals surface area contributed by atoms with E-state index in [9.17, 15) is 9.18 Å². The van der Waals surface area contributed by atoms with E-state index in [4.69, 9.17) is 0 Å². The van der Waals surface area contributed by atoms with Crippen LogP contribution in [-0.2, 0) is 17.9 Å². The van der Waals surface area contributed by atoms with Crippen LogP contribution in [0.3, 0.4) is 0 Å². The molecule has 1 aliphatic heterocycles. The Morgan fingerprint density at radius 2 is 1.93 bits per heavy atom. The van der Waals surface area contributed by atoms with E-state index in [2.05, 4.69) is 34.8 Å². The van der Waals surface area contributed by atoms with Crippen molar-refractivity contribution in [3.8, 4) is 0 Å². The topological polar surface area (TPSA) is 59.0 Å². The summed E-state index contributed by atoms with van der Waals surface area (Å²) in [5, 5.41) is 11.0. The van der Waals surface area contributed by atoms with Gasteiger partial charge in [0.1, 0.15) is 5.82 Å². The summed E-state index contributed by atoms with van der Waals surface area (Å²) in [5.74, 6) is -0.332. The van der Waals surface area contributed by atoms with Crippen molar-refractivity contribution < 1.29 is 9.18 Å². The van der Waals surface area contributed by atoms with Crippen molar-refractivity contribution in [2.75, 3.05) is 0 Å². The minimum atomic E-state index is -0.378. The minimum absolute atomic E-state index is 0.0387. The number of amides is 1. The van der Waals surface area contributed by atoms with Crippen molar-refractivity contribution in [1.29, 1.82) is 0 Å². The second-order valence-electron chi connectivity index (χ2n) is 7.49. The van der Waals surface area contributed by atoms with E-state index in [1.54, 1.807) is 18.2 Å². The normalized spacial score (nSPS) is 19.2. The van der Waals surface area contributed by atoms with E-state index < -0.39 is 0 Å². The Kier molecular flexibility index (Phi) is 5.71. The number of nitrogens with one attached hydrogen (secondary N) is 2. The predicted molar refractivity (Wildman–Crippen MR) is 110 cm³/mol. The van der Waals surface area contributed by atoms with E-state index in [1.807, 2.05) is 29.1 Å². The lowest BCUT2D eigenvalue weighted by Gasteiger charge is -2.33. The average Bonchev–Trinajstić information content (AvgIpc) is 3.08. The molecule has 0 unspecified atom stereocenters. The summed E-state index contributed by atoms with van der Waals surface area (Å²) in [5.41, 5.74) is 3.93. The SMILES string of the molecule is Cc1c(CN[C@@H]2CCC(=O)N[C@H]2c2ccccc2F)cnn1Cc1ccccc1. The molecule has 2 heterocycles. The van der Waals surface area contributed by atoms with Gasteiger partial charge in [0.05, 0.1) is 18.8 Å². The highest BCUT2D eigenvalue weighted by molar-refractivity contribution is 5.77. The molecule has 0 aliphatic carbocycles. The van der Waals surface area contributed by atoms with Crippen molar-refractivity contribution in [2.45, 2.75) is 44.9 Å². The van der Waals surface area contributed by atoms with E-state index in [0.29, 0.717) is 24.9 Å². The van der Waals surface area contributed by atoms with Gasteiger partial charge in [0.25, 0.3) is 0 Å². The summed E-state index contributed by atoms with van der Waals surface area (Å²) in [6.07, 6.45) is 2.99. The van der Waals surface area contributed by atoms with Gasteiger partial charge in [0.15, 0.2) is 0 Å². The maximum atomic E-state index is 14.3. The monoisotopic (exact) mass is 392 g/mol. The lowest BCUT2D eigenvalue weighted by molar-refractivity contribution is -0.123. The molecule has 6 heteroatoms. The molecule has 1 aromatic heterocycles. The molecule has 2 atom stereocenters. The van der Waals surface area contributed by atoms with Crippen LogP contribution in [0.15, 0.2) is 60.8 Å². The van der Waals surface area contributed by atoms with Crippen LogP contribution in [0.5, 0.6) is 0 Å². The molecule has 0 saturated carbocycles. The van der Waals surface area contributed by atoms with Gasteiger partial charge >= 0.3 is 0 Å². The molecule has 5 nitrogen and oxygen atoms in total. The number of rotatable bonds is 6. The van der Waals surface area contributed by atoms with E-state index in [1.165, 1.54) is 11.6 Å². The van der Waals surface area contributed by atoms with Gasteiger partial charge in [-0.2, -0.15) is 5.10 Å². The van der Waals surface area contributed by atoms with Crippen LogP contribution in [0.4, 0.5) is 4.39 Å². The zero-order chi connectivity index (χ0) is 20.2. The second-order valence-corrected chi connectivity index (χ2v) is 7.49. The predicted octanol–water partition coefficient (Wildman–Crippen LogP) is 3.49. The molecular formula is C23H25FN4O. The maximum absolute atomic E-state index is 14.3. The number of halogens is 1. The number of hydrogen-bond donors (Lipinski definition) is 2. The van der Waals surface area contributed by atoms with Gasteiger partial charge in [-0.3, -0.25) is 9.48 Å². The molecule has 0 bridgehead atoms. The Balaban J connectivity index is 1.46. The van der Waals surface area contributed by atoms with Gasteiger partial charge in [-0.05, 0) is 25.0 Å². The zero-order valence-electron chi connectivity index (χ0n) is 16.4. The fourth-order valence-electron chi connectivity index (χ4n) is 3.86. The third kappa shape index (κ3) is 4.38. The standard InChI is InChI=1S/C23H25FN4O/c1-16-18(14-26-28(16)15-17-7-3-2-4-8-17)13-25-21-11-12-22(29)27-23(21)19-9-5-6-10-20(19)24/h2-10,14,21,23,25H,11-13,15H2,1H3,(H,27,29)/t21-,23+/m1/s1. The molecule has 4 rings (SSSR count). The summed E-state index contributed by atoms with van der Waals surface area (Å²) in [4.78, 5) is 11.9. The van der Waals surface area contributed by atoms with Gasteiger partial charge in [-0.1, -0.05) is 48.5 Å². The molecule has 2 N–H and O–H groups in total.